The van der Waals surface area contributed by atoms with Crippen molar-refractivity contribution in [1.82, 2.24) is 0 Å². The highest BCUT2D eigenvalue weighted by Gasteiger charge is 2.47. The summed E-state index contributed by atoms with van der Waals surface area (Å²) in [7, 11) is 0. The molecule has 0 heterocycles. The lowest BCUT2D eigenvalue weighted by Gasteiger charge is -2.17. The van der Waals surface area contributed by atoms with Gasteiger partial charge in [0, 0.05) is 11.8 Å². The standard InChI is InChI=1S/C13H14F2O2/c14-11(15)7-9-3-1-2-4-10(9)13(5-6-13)8-12(16)17/h1-4,11H,5-8H2,(H,16,17). The molecule has 0 atom stereocenters. The van der Waals surface area contributed by atoms with Crippen molar-refractivity contribution in [3.63, 3.8) is 0 Å². The number of benzene rings is 1. The third-order valence-electron chi connectivity index (χ3n) is 3.31. The molecule has 1 aromatic rings. The predicted octanol–water partition coefficient (Wildman–Crippen LogP) is 3.00. The number of alkyl halides is 2. The van der Waals surface area contributed by atoms with E-state index in [-0.39, 0.29) is 12.8 Å². The lowest BCUT2D eigenvalue weighted by atomic mass is 9.87. The smallest absolute Gasteiger partial charge is 0.304 e. The van der Waals surface area contributed by atoms with Crippen molar-refractivity contribution in [3.8, 4) is 0 Å². The molecule has 1 aliphatic carbocycles. The monoisotopic (exact) mass is 240 g/mol. The van der Waals surface area contributed by atoms with Crippen LogP contribution in [0, 0.1) is 0 Å². The van der Waals surface area contributed by atoms with Crippen LogP contribution in [0.4, 0.5) is 8.78 Å². The van der Waals surface area contributed by atoms with E-state index in [0.29, 0.717) is 5.56 Å². The minimum atomic E-state index is -2.39. The van der Waals surface area contributed by atoms with Crippen molar-refractivity contribution in [2.24, 2.45) is 0 Å². The lowest BCUT2D eigenvalue weighted by Crippen LogP contribution is -2.16. The minimum absolute atomic E-state index is 0.0350. The van der Waals surface area contributed by atoms with Crippen molar-refractivity contribution in [2.75, 3.05) is 0 Å². The molecule has 1 N–H and O–H groups in total. The number of hydrogen-bond acceptors (Lipinski definition) is 1. The van der Waals surface area contributed by atoms with Gasteiger partial charge in [-0.2, -0.15) is 0 Å². The molecule has 0 unspecified atom stereocenters. The van der Waals surface area contributed by atoms with Crippen LogP contribution in [0.2, 0.25) is 0 Å². The van der Waals surface area contributed by atoms with Crippen LogP contribution in [-0.4, -0.2) is 17.5 Å². The van der Waals surface area contributed by atoms with Crippen LogP contribution >= 0.6 is 0 Å². The summed E-state index contributed by atoms with van der Waals surface area (Å²) in [4.78, 5) is 10.8. The second-order valence-corrected chi connectivity index (χ2v) is 4.60. The van der Waals surface area contributed by atoms with Gasteiger partial charge in [0.15, 0.2) is 0 Å². The summed E-state index contributed by atoms with van der Waals surface area (Å²) in [6.45, 7) is 0. The maximum absolute atomic E-state index is 12.5. The Bertz CT molecular complexity index is 425. The molecular formula is C13H14F2O2. The Balaban J connectivity index is 2.28. The fraction of sp³-hybridized carbons (Fsp3) is 0.462. The maximum Gasteiger partial charge on any atom is 0.304 e. The largest absolute Gasteiger partial charge is 0.481 e. The van der Waals surface area contributed by atoms with E-state index in [0.717, 1.165) is 18.4 Å². The highest BCUT2D eigenvalue weighted by molar-refractivity contribution is 5.70. The van der Waals surface area contributed by atoms with Crippen LogP contribution in [0.3, 0.4) is 0 Å². The molecule has 0 radical (unpaired) electrons. The van der Waals surface area contributed by atoms with E-state index >= 15 is 0 Å². The highest BCUT2D eigenvalue weighted by Crippen LogP contribution is 2.52. The first kappa shape index (κ1) is 12.0. The zero-order chi connectivity index (χ0) is 12.5. The summed E-state index contributed by atoms with van der Waals surface area (Å²) >= 11 is 0. The van der Waals surface area contributed by atoms with Crippen LogP contribution in [-0.2, 0) is 16.6 Å². The molecule has 2 rings (SSSR count). The number of rotatable bonds is 5. The molecule has 0 spiro atoms. The van der Waals surface area contributed by atoms with Crippen LogP contribution in [0.25, 0.3) is 0 Å². The number of aliphatic carboxylic acids is 1. The summed E-state index contributed by atoms with van der Waals surface area (Å²) in [6.07, 6.45) is -1.10. The zero-order valence-electron chi connectivity index (χ0n) is 9.33. The van der Waals surface area contributed by atoms with Gasteiger partial charge in [-0.25, -0.2) is 8.78 Å². The molecule has 92 valence electrons. The molecule has 0 saturated heterocycles. The van der Waals surface area contributed by atoms with E-state index in [9.17, 15) is 13.6 Å². The van der Waals surface area contributed by atoms with Gasteiger partial charge in [0.1, 0.15) is 0 Å². The Morgan fingerprint density at radius 3 is 2.53 bits per heavy atom. The minimum Gasteiger partial charge on any atom is -0.481 e. The molecule has 4 heteroatoms. The number of halogens is 2. The van der Waals surface area contributed by atoms with Crippen molar-refractivity contribution >= 4 is 5.97 Å². The number of carboxylic acid groups (broad SMARTS) is 1. The second kappa shape index (κ2) is 4.43. The molecule has 0 aliphatic heterocycles. The van der Waals surface area contributed by atoms with E-state index in [1.165, 1.54) is 0 Å². The molecule has 1 aromatic carbocycles. The summed E-state index contributed by atoms with van der Waals surface area (Å²) in [5.41, 5.74) is 0.987. The number of hydrogen-bond donors (Lipinski definition) is 1. The molecular weight excluding hydrogens is 226 g/mol. The topological polar surface area (TPSA) is 37.3 Å². The fourth-order valence-electron chi connectivity index (χ4n) is 2.36. The molecule has 1 aliphatic rings. The summed E-state index contributed by atoms with van der Waals surface area (Å²) in [5, 5.41) is 8.88. The van der Waals surface area contributed by atoms with E-state index in [1.807, 2.05) is 0 Å². The van der Waals surface area contributed by atoms with Gasteiger partial charge in [-0.1, -0.05) is 24.3 Å². The van der Waals surface area contributed by atoms with E-state index in [2.05, 4.69) is 0 Å². The van der Waals surface area contributed by atoms with Crippen LogP contribution in [0.1, 0.15) is 30.4 Å². The normalized spacial score (nSPS) is 17.1. The first-order valence-electron chi connectivity index (χ1n) is 5.62. The first-order chi connectivity index (χ1) is 8.03. The Hall–Kier alpha value is -1.45. The fourth-order valence-corrected chi connectivity index (χ4v) is 2.36. The molecule has 0 aromatic heterocycles. The summed E-state index contributed by atoms with van der Waals surface area (Å²) in [5.74, 6) is -0.866. The Morgan fingerprint density at radius 1 is 1.35 bits per heavy atom. The number of carboxylic acids is 1. The average Bonchev–Trinajstić information content (AvgIpc) is 2.97. The summed E-state index contributed by atoms with van der Waals surface area (Å²) in [6, 6.07) is 6.96. The molecule has 17 heavy (non-hydrogen) atoms. The van der Waals surface area contributed by atoms with Gasteiger partial charge in [0.2, 0.25) is 6.43 Å². The van der Waals surface area contributed by atoms with Crippen LogP contribution in [0.5, 0.6) is 0 Å². The second-order valence-electron chi connectivity index (χ2n) is 4.60. The molecule has 1 fully saturated rings. The van der Waals surface area contributed by atoms with Gasteiger partial charge < -0.3 is 5.11 Å². The quantitative estimate of drug-likeness (QED) is 0.859. The van der Waals surface area contributed by atoms with Crippen molar-refractivity contribution in [3.05, 3.63) is 35.4 Å². The van der Waals surface area contributed by atoms with E-state index < -0.39 is 17.8 Å². The van der Waals surface area contributed by atoms with Crippen molar-refractivity contribution in [1.29, 1.82) is 0 Å². The molecule has 0 amide bonds. The van der Waals surface area contributed by atoms with Crippen LogP contribution < -0.4 is 0 Å². The van der Waals surface area contributed by atoms with Gasteiger partial charge in [-0.3, -0.25) is 4.79 Å². The average molecular weight is 240 g/mol. The maximum atomic E-state index is 12.5. The molecule has 1 saturated carbocycles. The Morgan fingerprint density at radius 2 is 2.00 bits per heavy atom. The Kier molecular flexibility index (Phi) is 3.13. The van der Waals surface area contributed by atoms with Crippen molar-refractivity contribution < 1.29 is 18.7 Å². The SMILES string of the molecule is O=C(O)CC1(c2ccccc2CC(F)F)CC1. The van der Waals surface area contributed by atoms with Crippen molar-refractivity contribution in [2.45, 2.75) is 37.5 Å². The number of carbonyl (C=O) groups is 1. The summed E-state index contributed by atoms with van der Waals surface area (Å²) < 4.78 is 24.9. The van der Waals surface area contributed by atoms with E-state index in [4.69, 9.17) is 5.11 Å². The van der Waals surface area contributed by atoms with Gasteiger partial charge >= 0.3 is 5.97 Å². The van der Waals surface area contributed by atoms with Gasteiger partial charge in [-0.15, -0.1) is 0 Å². The zero-order valence-corrected chi connectivity index (χ0v) is 9.33. The van der Waals surface area contributed by atoms with Gasteiger partial charge in [-0.05, 0) is 24.0 Å². The predicted molar refractivity (Wildman–Crippen MR) is 59.3 cm³/mol. The molecule has 2 nitrogen and oxygen atoms in total. The van der Waals surface area contributed by atoms with Crippen LogP contribution in [0.15, 0.2) is 24.3 Å². The Labute approximate surface area is 98.3 Å². The third-order valence-corrected chi connectivity index (χ3v) is 3.31. The third kappa shape index (κ3) is 2.62. The van der Waals surface area contributed by atoms with Gasteiger partial charge in [0.25, 0.3) is 0 Å². The van der Waals surface area contributed by atoms with Gasteiger partial charge in [0.05, 0.1) is 6.42 Å². The van der Waals surface area contributed by atoms with E-state index in [1.54, 1.807) is 24.3 Å². The highest BCUT2D eigenvalue weighted by atomic mass is 19.3. The molecule has 0 bridgehead atoms. The first-order valence-corrected chi connectivity index (χ1v) is 5.62. The lowest BCUT2D eigenvalue weighted by molar-refractivity contribution is -0.137.